The van der Waals surface area contributed by atoms with E-state index in [0.717, 1.165) is 50.0 Å². The summed E-state index contributed by atoms with van der Waals surface area (Å²) in [5.41, 5.74) is 0. The van der Waals surface area contributed by atoms with Crippen LogP contribution in [0.4, 0.5) is 0 Å². The molecule has 0 amide bonds. The number of hydrogen-bond donors (Lipinski definition) is 2. The number of rotatable bonds is 10. The van der Waals surface area contributed by atoms with Gasteiger partial charge in [0, 0.05) is 30.8 Å². The number of guanidine groups is 1. The summed E-state index contributed by atoms with van der Waals surface area (Å²) in [6.45, 7) is 3.83. The van der Waals surface area contributed by atoms with E-state index >= 15 is 0 Å². The van der Waals surface area contributed by atoms with E-state index in [2.05, 4.69) is 33.5 Å². The first-order valence-electron chi connectivity index (χ1n) is 8.84. The molecular formula is C17H33N3O2S. The Hall–Kier alpha value is -0.910. The van der Waals surface area contributed by atoms with Crippen LogP contribution < -0.4 is 10.6 Å². The van der Waals surface area contributed by atoms with Crippen LogP contribution in [0.15, 0.2) is 4.99 Å². The Kier molecular flexibility index (Phi) is 10.9. The lowest BCUT2D eigenvalue weighted by Gasteiger charge is -2.17. The summed E-state index contributed by atoms with van der Waals surface area (Å²) in [4.78, 5) is 15.7. The van der Waals surface area contributed by atoms with Crippen LogP contribution in [-0.4, -0.2) is 49.7 Å². The number of carbonyl (C=O) groups excluding carboxylic acids is 1. The second kappa shape index (κ2) is 12.5. The van der Waals surface area contributed by atoms with Crippen molar-refractivity contribution in [2.24, 2.45) is 4.99 Å². The summed E-state index contributed by atoms with van der Waals surface area (Å²) in [5, 5.41) is 7.70. The maximum Gasteiger partial charge on any atom is 0.305 e. The highest BCUT2D eigenvalue weighted by atomic mass is 32.2. The lowest BCUT2D eigenvalue weighted by atomic mass is 10.1. The molecule has 2 unspecified atom stereocenters. The fraction of sp³-hybridized carbons (Fsp3) is 0.882. The largest absolute Gasteiger partial charge is 0.469 e. The van der Waals surface area contributed by atoms with Crippen molar-refractivity contribution in [2.75, 3.05) is 26.5 Å². The third-order valence-corrected chi connectivity index (χ3v) is 5.28. The van der Waals surface area contributed by atoms with Crippen LogP contribution in [0.1, 0.15) is 58.3 Å². The van der Waals surface area contributed by atoms with Gasteiger partial charge in [-0.15, -0.1) is 0 Å². The first kappa shape index (κ1) is 20.1. The van der Waals surface area contributed by atoms with E-state index in [1.165, 1.54) is 26.4 Å². The van der Waals surface area contributed by atoms with Gasteiger partial charge in [-0.25, -0.2) is 0 Å². The van der Waals surface area contributed by atoms with E-state index < -0.39 is 0 Å². The number of methoxy groups -OCH3 is 1. The molecule has 0 aromatic rings. The van der Waals surface area contributed by atoms with Crippen molar-refractivity contribution < 1.29 is 9.53 Å². The number of nitrogens with zero attached hydrogens (tertiary/aromatic N) is 1. The van der Waals surface area contributed by atoms with E-state index in [1.807, 2.05) is 11.8 Å². The number of unbranched alkanes of at least 4 members (excludes halogenated alkanes) is 3. The van der Waals surface area contributed by atoms with E-state index in [0.29, 0.717) is 12.5 Å². The molecule has 1 aliphatic rings. The van der Waals surface area contributed by atoms with Crippen LogP contribution in [0.25, 0.3) is 0 Å². The zero-order valence-electron chi connectivity index (χ0n) is 14.9. The summed E-state index contributed by atoms with van der Waals surface area (Å²) < 4.78 is 4.64. The molecule has 0 heterocycles. The molecule has 1 aliphatic carbocycles. The lowest BCUT2D eigenvalue weighted by molar-refractivity contribution is -0.140. The summed E-state index contributed by atoms with van der Waals surface area (Å²) >= 11 is 1.98. The van der Waals surface area contributed by atoms with Crippen LogP contribution in [0.5, 0.6) is 0 Å². The van der Waals surface area contributed by atoms with Crippen LogP contribution in [0, 0.1) is 0 Å². The molecule has 0 aromatic carbocycles. The van der Waals surface area contributed by atoms with Gasteiger partial charge in [-0.1, -0.05) is 12.8 Å². The topological polar surface area (TPSA) is 62.7 Å². The Morgan fingerprint density at radius 1 is 1.26 bits per heavy atom. The molecule has 6 heteroatoms. The fourth-order valence-electron chi connectivity index (χ4n) is 2.83. The normalized spacial score (nSPS) is 21.3. The highest BCUT2D eigenvalue weighted by Gasteiger charge is 2.24. The lowest BCUT2D eigenvalue weighted by Crippen LogP contribution is -2.42. The second-order valence-electron chi connectivity index (χ2n) is 6.01. The molecule has 1 rings (SSSR count). The molecule has 2 N–H and O–H groups in total. The molecule has 134 valence electrons. The third kappa shape index (κ3) is 9.08. The number of carbonyl (C=O) groups is 1. The average Bonchev–Trinajstić information content (AvgIpc) is 3.01. The first-order valence-corrected chi connectivity index (χ1v) is 10.1. The first-order chi connectivity index (χ1) is 11.2. The Morgan fingerprint density at radius 3 is 2.70 bits per heavy atom. The van der Waals surface area contributed by atoms with E-state index in [9.17, 15) is 4.79 Å². The van der Waals surface area contributed by atoms with Crippen molar-refractivity contribution in [1.82, 2.24) is 10.6 Å². The second-order valence-corrected chi connectivity index (χ2v) is 7.15. The van der Waals surface area contributed by atoms with Gasteiger partial charge in [0.25, 0.3) is 0 Å². The summed E-state index contributed by atoms with van der Waals surface area (Å²) in [6.07, 6.45) is 10.7. The maximum absolute atomic E-state index is 11.0. The highest BCUT2D eigenvalue weighted by Crippen LogP contribution is 2.27. The number of hydrogen-bond acceptors (Lipinski definition) is 4. The van der Waals surface area contributed by atoms with Gasteiger partial charge in [0.1, 0.15) is 0 Å². The van der Waals surface area contributed by atoms with Gasteiger partial charge in [0.05, 0.1) is 7.11 Å². The minimum atomic E-state index is -0.109. The molecule has 0 radical (unpaired) electrons. The van der Waals surface area contributed by atoms with Crippen molar-refractivity contribution in [3.8, 4) is 0 Å². The van der Waals surface area contributed by atoms with Gasteiger partial charge in [-0.3, -0.25) is 9.79 Å². The summed E-state index contributed by atoms with van der Waals surface area (Å²) in [6, 6.07) is 0.560. The van der Waals surface area contributed by atoms with Gasteiger partial charge in [0.15, 0.2) is 5.96 Å². The molecule has 0 aromatic heterocycles. The van der Waals surface area contributed by atoms with Crippen molar-refractivity contribution in [2.45, 2.75) is 69.6 Å². The molecule has 1 saturated carbocycles. The Balaban J connectivity index is 2.18. The summed E-state index contributed by atoms with van der Waals surface area (Å²) in [5.74, 6) is 0.843. The highest BCUT2D eigenvalue weighted by molar-refractivity contribution is 7.99. The third-order valence-electron chi connectivity index (χ3n) is 4.19. The molecule has 5 nitrogen and oxygen atoms in total. The van der Waals surface area contributed by atoms with Gasteiger partial charge in [-0.2, -0.15) is 11.8 Å². The van der Waals surface area contributed by atoms with Crippen molar-refractivity contribution >= 4 is 23.7 Å². The minimum absolute atomic E-state index is 0.109. The monoisotopic (exact) mass is 343 g/mol. The smallest absolute Gasteiger partial charge is 0.305 e. The number of nitrogens with one attached hydrogen (secondary N) is 2. The zero-order chi connectivity index (χ0) is 16.9. The molecule has 0 saturated heterocycles. The minimum Gasteiger partial charge on any atom is -0.469 e. The molecule has 0 aliphatic heterocycles. The number of aliphatic imine (C=N–C) groups is 1. The SMILES string of the molecule is CCNC(=NCCCCCCC(=O)OC)NC1CCC(SC)C1. The van der Waals surface area contributed by atoms with Crippen molar-refractivity contribution in [3.05, 3.63) is 0 Å². The Bertz CT molecular complexity index is 364. The van der Waals surface area contributed by atoms with Crippen LogP contribution >= 0.6 is 11.8 Å². The van der Waals surface area contributed by atoms with Gasteiger partial charge < -0.3 is 15.4 Å². The van der Waals surface area contributed by atoms with Crippen LogP contribution in [0.3, 0.4) is 0 Å². The van der Waals surface area contributed by atoms with Gasteiger partial charge >= 0.3 is 5.97 Å². The number of ether oxygens (including phenoxy) is 1. The van der Waals surface area contributed by atoms with Crippen LogP contribution in [-0.2, 0) is 9.53 Å². The zero-order valence-corrected chi connectivity index (χ0v) is 15.7. The number of thioether (sulfide) groups is 1. The van der Waals surface area contributed by atoms with Crippen molar-refractivity contribution in [1.29, 1.82) is 0 Å². The Morgan fingerprint density at radius 2 is 2.04 bits per heavy atom. The van der Waals surface area contributed by atoms with Crippen molar-refractivity contribution in [3.63, 3.8) is 0 Å². The maximum atomic E-state index is 11.0. The average molecular weight is 344 g/mol. The summed E-state index contributed by atoms with van der Waals surface area (Å²) in [7, 11) is 1.44. The molecule has 0 spiro atoms. The molecule has 1 fully saturated rings. The fourth-order valence-corrected chi connectivity index (χ4v) is 3.62. The predicted molar refractivity (Wildman–Crippen MR) is 99.2 cm³/mol. The van der Waals surface area contributed by atoms with Crippen LogP contribution in [0.2, 0.25) is 0 Å². The standard InChI is InChI=1S/C17H33N3O2S/c1-4-18-17(20-14-10-11-15(13-14)23-3)19-12-8-6-5-7-9-16(21)22-2/h14-15H,4-13H2,1-3H3,(H2,18,19,20). The van der Waals surface area contributed by atoms with E-state index in [4.69, 9.17) is 0 Å². The van der Waals surface area contributed by atoms with E-state index in [-0.39, 0.29) is 5.97 Å². The molecular weight excluding hydrogens is 310 g/mol. The van der Waals surface area contributed by atoms with Gasteiger partial charge in [0.2, 0.25) is 0 Å². The predicted octanol–water partition coefficient (Wildman–Crippen LogP) is 2.95. The van der Waals surface area contributed by atoms with E-state index in [1.54, 1.807) is 0 Å². The molecule has 23 heavy (non-hydrogen) atoms. The Labute approximate surface area is 145 Å². The quantitative estimate of drug-likeness (QED) is 0.276. The number of esters is 1. The molecule has 2 atom stereocenters. The van der Waals surface area contributed by atoms with Gasteiger partial charge in [-0.05, 0) is 45.3 Å². The molecule has 0 bridgehead atoms.